The average Bonchev–Trinajstić information content (AvgIpc) is 2.39. The van der Waals surface area contributed by atoms with Crippen molar-refractivity contribution in [2.75, 3.05) is 10.6 Å². The predicted octanol–water partition coefficient (Wildman–Crippen LogP) is 3.19. The van der Waals surface area contributed by atoms with Gasteiger partial charge in [0.25, 0.3) is 5.91 Å². The smallest absolute Gasteiger partial charge is 0.316 e. The third-order valence-corrected chi connectivity index (χ3v) is 3.02. The Morgan fingerprint density at radius 3 is 2.15 bits per heavy atom. The molecule has 102 valence electrons. The Hall–Kier alpha value is -2.34. The first kappa shape index (κ1) is 14.1. The second-order valence-electron chi connectivity index (χ2n) is 4.03. The highest BCUT2D eigenvalue weighted by atomic mass is 79.9. The van der Waals surface area contributed by atoms with E-state index in [0.717, 1.165) is 4.47 Å². The molecule has 2 aromatic rings. The zero-order valence-electron chi connectivity index (χ0n) is 10.4. The van der Waals surface area contributed by atoms with Gasteiger partial charge in [0.1, 0.15) is 0 Å². The number of amides is 3. The van der Waals surface area contributed by atoms with Crippen LogP contribution in [-0.4, -0.2) is 11.9 Å². The standard InChI is InChI=1S/C14H12BrN3O2/c15-10-6-4-9(5-7-10)13(19)17-11-2-1-3-12(8-11)18-14(16)20/h1-8H,(H,17,19)(H3,16,18,20). The molecule has 2 rings (SSSR count). The quantitative estimate of drug-likeness (QED) is 0.805. The van der Waals surface area contributed by atoms with Gasteiger partial charge in [-0.1, -0.05) is 22.0 Å². The summed E-state index contributed by atoms with van der Waals surface area (Å²) in [4.78, 5) is 22.8. The number of urea groups is 1. The maximum atomic E-state index is 12.0. The van der Waals surface area contributed by atoms with E-state index < -0.39 is 6.03 Å². The molecule has 0 aliphatic carbocycles. The first-order valence-electron chi connectivity index (χ1n) is 5.78. The van der Waals surface area contributed by atoms with E-state index in [0.29, 0.717) is 16.9 Å². The normalized spacial score (nSPS) is 9.85. The van der Waals surface area contributed by atoms with Gasteiger partial charge in [-0.2, -0.15) is 0 Å². The van der Waals surface area contributed by atoms with Crippen LogP contribution < -0.4 is 16.4 Å². The number of rotatable bonds is 3. The van der Waals surface area contributed by atoms with Crippen LogP contribution in [-0.2, 0) is 0 Å². The minimum Gasteiger partial charge on any atom is -0.351 e. The summed E-state index contributed by atoms with van der Waals surface area (Å²) in [5, 5.41) is 5.19. The predicted molar refractivity (Wildman–Crippen MR) is 81.7 cm³/mol. The zero-order valence-corrected chi connectivity index (χ0v) is 12.0. The van der Waals surface area contributed by atoms with E-state index in [4.69, 9.17) is 5.73 Å². The van der Waals surface area contributed by atoms with Gasteiger partial charge in [0.15, 0.2) is 0 Å². The van der Waals surface area contributed by atoms with E-state index in [1.165, 1.54) is 0 Å². The van der Waals surface area contributed by atoms with Crippen LogP contribution in [0.2, 0.25) is 0 Å². The van der Waals surface area contributed by atoms with Crippen molar-refractivity contribution >= 4 is 39.2 Å². The molecule has 0 radical (unpaired) electrons. The minimum absolute atomic E-state index is 0.228. The van der Waals surface area contributed by atoms with E-state index in [1.54, 1.807) is 48.5 Å². The summed E-state index contributed by atoms with van der Waals surface area (Å²) in [6, 6.07) is 13.1. The molecule has 0 aliphatic rings. The maximum absolute atomic E-state index is 12.0. The van der Waals surface area contributed by atoms with Crippen LogP contribution in [0.4, 0.5) is 16.2 Å². The molecule has 0 atom stereocenters. The van der Waals surface area contributed by atoms with Gasteiger partial charge in [0, 0.05) is 21.4 Å². The van der Waals surface area contributed by atoms with E-state index in [9.17, 15) is 9.59 Å². The summed E-state index contributed by atoms with van der Waals surface area (Å²) < 4.78 is 0.904. The monoisotopic (exact) mass is 333 g/mol. The van der Waals surface area contributed by atoms with Crippen LogP contribution in [0.3, 0.4) is 0 Å². The lowest BCUT2D eigenvalue weighted by Crippen LogP contribution is -2.19. The van der Waals surface area contributed by atoms with Gasteiger partial charge in [-0.05, 0) is 42.5 Å². The second kappa shape index (κ2) is 6.21. The Labute approximate surface area is 124 Å². The Bertz CT molecular complexity index is 641. The molecule has 20 heavy (non-hydrogen) atoms. The van der Waals surface area contributed by atoms with Gasteiger partial charge in [0.05, 0.1) is 0 Å². The summed E-state index contributed by atoms with van der Waals surface area (Å²) in [7, 11) is 0. The number of nitrogens with one attached hydrogen (secondary N) is 2. The molecule has 0 unspecified atom stereocenters. The van der Waals surface area contributed by atoms with E-state index in [1.807, 2.05) is 0 Å². The average molecular weight is 334 g/mol. The third kappa shape index (κ3) is 3.83. The molecule has 0 aliphatic heterocycles. The number of carbonyl (C=O) groups is 2. The molecule has 0 fully saturated rings. The molecule has 6 heteroatoms. The summed E-state index contributed by atoms with van der Waals surface area (Å²) in [5.74, 6) is -0.228. The van der Waals surface area contributed by atoms with Crippen molar-refractivity contribution in [1.82, 2.24) is 0 Å². The minimum atomic E-state index is -0.651. The van der Waals surface area contributed by atoms with Gasteiger partial charge in [-0.25, -0.2) is 4.79 Å². The number of primary amides is 1. The van der Waals surface area contributed by atoms with E-state index in [2.05, 4.69) is 26.6 Å². The van der Waals surface area contributed by atoms with Crippen LogP contribution >= 0.6 is 15.9 Å². The van der Waals surface area contributed by atoms with Crippen LogP contribution in [0.5, 0.6) is 0 Å². The molecule has 5 nitrogen and oxygen atoms in total. The van der Waals surface area contributed by atoms with Crippen molar-refractivity contribution in [2.45, 2.75) is 0 Å². The first-order valence-corrected chi connectivity index (χ1v) is 6.57. The number of benzene rings is 2. The number of carbonyl (C=O) groups excluding carboxylic acids is 2. The Balaban J connectivity index is 2.11. The van der Waals surface area contributed by atoms with Crippen LogP contribution in [0.25, 0.3) is 0 Å². The van der Waals surface area contributed by atoms with Crippen molar-refractivity contribution in [1.29, 1.82) is 0 Å². The molecule has 0 heterocycles. The van der Waals surface area contributed by atoms with E-state index >= 15 is 0 Å². The first-order chi connectivity index (χ1) is 9.54. The maximum Gasteiger partial charge on any atom is 0.316 e. The summed E-state index contributed by atoms with van der Waals surface area (Å²) >= 11 is 3.31. The van der Waals surface area contributed by atoms with Gasteiger partial charge in [-0.3, -0.25) is 4.79 Å². The number of anilines is 2. The molecular formula is C14H12BrN3O2. The summed E-state index contributed by atoms with van der Waals surface area (Å²) in [6.45, 7) is 0. The lowest BCUT2D eigenvalue weighted by Gasteiger charge is -2.07. The van der Waals surface area contributed by atoms with E-state index in [-0.39, 0.29) is 5.91 Å². The molecular weight excluding hydrogens is 322 g/mol. The molecule has 0 aromatic heterocycles. The van der Waals surface area contributed by atoms with Crippen LogP contribution in [0, 0.1) is 0 Å². The van der Waals surface area contributed by atoms with Crippen molar-refractivity contribution in [3.63, 3.8) is 0 Å². The van der Waals surface area contributed by atoms with Gasteiger partial charge in [-0.15, -0.1) is 0 Å². The molecule has 3 amide bonds. The molecule has 0 spiro atoms. The van der Waals surface area contributed by atoms with Crippen LogP contribution in [0.1, 0.15) is 10.4 Å². The fraction of sp³-hybridized carbons (Fsp3) is 0. The van der Waals surface area contributed by atoms with Gasteiger partial charge < -0.3 is 16.4 Å². The van der Waals surface area contributed by atoms with Gasteiger partial charge >= 0.3 is 6.03 Å². The number of nitrogens with two attached hydrogens (primary N) is 1. The number of halogens is 1. The largest absolute Gasteiger partial charge is 0.351 e. The molecule has 2 aromatic carbocycles. The molecule has 0 bridgehead atoms. The Morgan fingerprint density at radius 2 is 1.55 bits per heavy atom. The topological polar surface area (TPSA) is 84.2 Å². The lowest BCUT2D eigenvalue weighted by molar-refractivity contribution is 0.102. The Morgan fingerprint density at radius 1 is 0.950 bits per heavy atom. The molecule has 0 saturated carbocycles. The summed E-state index contributed by atoms with van der Waals surface area (Å²) in [5.41, 5.74) is 6.68. The fourth-order valence-corrected chi connectivity index (χ4v) is 1.89. The fourth-order valence-electron chi connectivity index (χ4n) is 1.62. The SMILES string of the molecule is NC(=O)Nc1cccc(NC(=O)c2ccc(Br)cc2)c1. The van der Waals surface area contributed by atoms with Crippen molar-refractivity contribution in [3.05, 3.63) is 58.6 Å². The highest BCUT2D eigenvalue weighted by molar-refractivity contribution is 9.10. The Kier molecular flexibility index (Phi) is 4.37. The number of hydrogen-bond donors (Lipinski definition) is 3. The van der Waals surface area contributed by atoms with Crippen molar-refractivity contribution in [3.8, 4) is 0 Å². The van der Waals surface area contributed by atoms with Crippen LogP contribution in [0.15, 0.2) is 53.0 Å². The third-order valence-electron chi connectivity index (χ3n) is 2.49. The van der Waals surface area contributed by atoms with Gasteiger partial charge in [0.2, 0.25) is 0 Å². The summed E-state index contributed by atoms with van der Waals surface area (Å²) in [6.07, 6.45) is 0. The molecule has 4 N–H and O–H groups in total. The second-order valence-corrected chi connectivity index (χ2v) is 4.95. The highest BCUT2D eigenvalue weighted by Crippen LogP contribution is 2.17. The number of hydrogen-bond acceptors (Lipinski definition) is 2. The lowest BCUT2D eigenvalue weighted by atomic mass is 10.2. The highest BCUT2D eigenvalue weighted by Gasteiger charge is 2.06. The van der Waals surface area contributed by atoms with Crippen molar-refractivity contribution < 1.29 is 9.59 Å². The molecule has 0 saturated heterocycles. The zero-order chi connectivity index (χ0) is 14.5. The van der Waals surface area contributed by atoms with Crippen molar-refractivity contribution in [2.24, 2.45) is 5.73 Å².